The van der Waals surface area contributed by atoms with Crippen LogP contribution in [-0.2, 0) is 38.4 Å². The van der Waals surface area contributed by atoms with Gasteiger partial charge in [-0.25, -0.2) is 19.6 Å². The number of amides is 4. The number of carbonyl (C=O) groups excluding carboxylic acids is 4. The minimum absolute atomic E-state index is 0.0897. The number of carbonyl (C=O) groups is 4. The number of fused-ring (bicyclic) bond motifs is 5. The van der Waals surface area contributed by atoms with E-state index in [0.717, 1.165) is 60.4 Å². The summed E-state index contributed by atoms with van der Waals surface area (Å²) < 4.78 is 9.50. The van der Waals surface area contributed by atoms with Crippen molar-refractivity contribution in [3.05, 3.63) is 96.9 Å². The van der Waals surface area contributed by atoms with Crippen molar-refractivity contribution in [2.45, 2.75) is 83.1 Å². The number of aromatic amines is 2. The lowest BCUT2D eigenvalue weighted by Gasteiger charge is -2.36. The third-order valence-electron chi connectivity index (χ3n) is 11.7. The molecule has 1 aliphatic heterocycles. The summed E-state index contributed by atoms with van der Waals surface area (Å²) in [5.41, 5.74) is 8.66. The number of rotatable bonds is 14. The molecule has 3 heterocycles. The second-order valence-electron chi connectivity index (χ2n) is 15.6. The number of ether oxygens (including phenoxy) is 2. The summed E-state index contributed by atoms with van der Waals surface area (Å²) in [5, 5.41) is 5.28. The Morgan fingerprint density at radius 3 is 2.17 bits per heavy atom. The Kier molecular flexibility index (Phi) is 11.8. The Labute approximate surface area is 338 Å². The number of hydrogen-bond acceptors (Lipinski definition) is 8. The lowest BCUT2D eigenvalue weighted by Crippen LogP contribution is -2.51. The quantitative estimate of drug-likeness (QED) is 0.105. The van der Waals surface area contributed by atoms with Crippen molar-refractivity contribution in [3.63, 3.8) is 0 Å². The van der Waals surface area contributed by atoms with E-state index in [4.69, 9.17) is 14.5 Å². The van der Waals surface area contributed by atoms with E-state index in [1.54, 1.807) is 17.2 Å². The molecule has 5 unspecified atom stereocenters. The Hall–Kier alpha value is -6.18. The fourth-order valence-electron chi connectivity index (χ4n) is 8.77. The van der Waals surface area contributed by atoms with Gasteiger partial charge in [-0.1, -0.05) is 50.3 Å². The molecule has 0 spiro atoms. The van der Waals surface area contributed by atoms with Crippen LogP contribution in [-0.4, -0.2) is 92.6 Å². The topological polar surface area (TPSA) is 175 Å². The lowest BCUT2D eigenvalue weighted by molar-refractivity contribution is -0.137. The zero-order valence-electron chi connectivity index (χ0n) is 33.5. The summed E-state index contributed by atoms with van der Waals surface area (Å²) in [7, 11) is 2.55. The molecule has 2 aliphatic carbocycles. The lowest BCUT2D eigenvalue weighted by atomic mass is 9.83. The number of nitrogens with zero attached hydrogens (tertiary/aromatic N) is 4. The molecule has 2 fully saturated rings. The SMILES string of the molecule is C=CCCN(Cc1ncc(-c2ccc3c(c2)CCc2cc(-c4cnc(C5C6CCC(C6)N5C(=O)C(C=C)NC(=O)OC)[nH]4)ccc2-3)[nH]1)C(=O)C(NC(=O)OC)C(C)C. The molecule has 7 rings (SSSR count). The van der Waals surface area contributed by atoms with Crippen molar-refractivity contribution in [2.75, 3.05) is 20.8 Å². The first-order valence-corrected chi connectivity index (χ1v) is 19.9. The van der Waals surface area contributed by atoms with Gasteiger partial charge in [0.15, 0.2) is 0 Å². The molecule has 58 heavy (non-hydrogen) atoms. The van der Waals surface area contributed by atoms with E-state index in [2.05, 4.69) is 75.1 Å². The highest BCUT2D eigenvalue weighted by Crippen LogP contribution is 2.50. The molecular weight excluding hydrogens is 737 g/mol. The molecule has 14 nitrogen and oxygen atoms in total. The number of likely N-dealkylation sites (tertiary alicyclic amines) is 1. The Bertz CT molecular complexity index is 2210. The fourth-order valence-corrected chi connectivity index (χ4v) is 8.77. The molecule has 0 radical (unpaired) electrons. The van der Waals surface area contributed by atoms with E-state index >= 15 is 0 Å². The van der Waals surface area contributed by atoms with Crippen molar-refractivity contribution in [2.24, 2.45) is 11.8 Å². The van der Waals surface area contributed by atoms with Crippen LogP contribution in [0.15, 0.2) is 74.1 Å². The number of nitrogens with one attached hydrogen (secondary N) is 4. The van der Waals surface area contributed by atoms with Crippen molar-refractivity contribution in [1.29, 1.82) is 0 Å². The van der Waals surface area contributed by atoms with Crippen molar-refractivity contribution >= 4 is 24.0 Å². The van der Waals surface area contributed by atoms with Crippen LogP contribution in [0.4, 0.5) is 9.59 Å². The third-order valence-corrected chi connectivity index (χ3v) is 11.7. The molecule has 4 amide bonds. The van der Waals surface area contributed by atoms with Gasteiger partial charge in [-0.3, -0.25) is 9.59 Å². The molecular formula is C44H52N8O6. The van der Waals surface area contributed by atoms with Gasteiger partial charge in [0.2, 0.25) is 11.8 Å². The molecule has 2 bridgehead atoms. The van der Waals surface area contributed by atoms with Gasteiger partial charge in [0.1, 0.15) is 23.7 Å². The molecule has 4 aromatic rings. The standard InChI is InChI=1S/C44H52N8O6/c1-7-9-18-51(42(54)38(25(3)4)50-44(56)58-6)24-37-45-22-35(47-37)28-13-16-32-26(19-28)10-11-27-20-29(14-17-33(27)32)36-23-46-40(48-36)39-30-12-15-31(21-30)52(39)41(53)34(8-2)49-43(55)57-5/h7-8,13-14,16-17,19-20,22-23,25,30-31,34,38-39H,1-2,9-12,15,18,21,24H2,3-6H3,(H,45,47)(H,46,48)(H,49,55)(H,50,56). The molecule has 2 aromatic carbocycles. The highest BCUT2D eigenvalue weighted by Gasteiger charge is 2.51. The van der Waals surface area contributed by atoms with E-state index in [1.165, 1.54) is 42.5 Å². The van der Waals surface area contributed by atoms with E-state index < -0.39 is 24.3 Å². The van der Waals surface area contributed by atoms with Crippen LogP contribution in [0.3, 0.4) is 0 Å². The zero-order chi connectivity index (χ0) is 41.1. The van der Waals surface area contributed by atoms with Gasteiger partial charge < -0.3 is 39.9 Å². The molecule has 304 valence electrons. The Balaban J connectivity index is 1.06. The summed E-state index contributed by atoms with van der Waals surface area (Å²) in [4.78, 5) is 71.3. The largest absolute Gasteiger partial charge is 0.453 e. The molecule has 2 aromatic heterocycles. The van der Waals surface area contributed by atoms with E-state index in [0.29, 0.717) is 18.8 Å². The van der Waals surface area contributed by atoms with Crippen LogP contribution in [0.25, 0.3) is 33.6 Å². The molecule has 1 saturated carbocycles. The Morgan fingerprint density at radius 2 is 1.55 bits per heavy atom. The number of H-pyrrole nitrogens is 2. The number of alkyl carbamates (subject to hydrolysis) is 2. The van der Waals surface area contributed by atoms with Gasteiger partial charge in [-0.15, -0.1) is 13.2 Å². The molecule has 4 N–H and O–H groups in total. The molecule has 3 aliphatic rings. The number of hydrogen-bond donors (Lipinski definition) is 4. The number of benzene rings is 2. The first-order valence-electron chi connectivity index (χ1n) is 19.9. The molecule has 5 atom stereocenters. The second-order valence-corrected chi connectivity index (χ2v) is 15.6. The average molecular weight is 789 g/mol. The van der Waals surface area contributed by atoms with Gasteiger partial charge in [0, 0.05) is 12.6 Å². The second kappa shape index (κ2) is 17.1. The van der Waals surface area contributed by atoms with Crippen molar-refractivity contribution < 1.29 is 28.7 Å². The molecule has 14 heteroatoms. The predicted molar refractivity (Wildman–Crippen MR) is 219 cm³/mol. The maximum absolute atomic E-state index is 13.7. The zero-order valence-corrected chi connectivity index (χ0v) is 33.5. The van der Waals surface area contributed by atoms with Crippen LogP contribution < -0.4 is 10.6 Å². The smallest absolute Gasteiger partial charge is 0.407 e. The monoisotopic (exact) mass is 788 g/mol. The van der Waals surface area contributed by atoms with Gasteiger partial charge in [-0.2, -0.15) is 0 Å². The summed E-state index contributed by atoms with van der Waals surface area (Å²) in [6.45, 7) is 12.0. The normalized spacial score (nSPS) is 18.8. The maximum atomic E-state index is 13.7. The van der Waals surface area contributed by atoms with Gasteiger partial charge >= 0.3 is 12.2 Å². The third kappa shape index (κ3) is 8.00. The van der Waals surface area contributed by atoms with Gasteiger partial charge in [0.25, 0.3) is 0 Å². The Morgan fingerprint density at radius 1 is 0.914 bits per heavy atom. The average Bonchev–Trinajstić information content (AvgIpc) is 4.08. The molecule has 1 saturated heterocycles. The predicted octanol–water partition coefficient (Wildman–Crippen LogP) is 6.48. The number of aryl methyl sites for hydroxylation is 2. The van der Waals surface area contributed by atoms with Gasteiger partial charge in [-0.05, 0) is 95.9 Å². The summed E-state index contributed by atoms with van der Waals surface area (Å²) in [5.74, 6) is 1.12. The van der Waals surface area contributed by atoms with Crippen LogP contribution >= 0.6 is 0 Å². The van der Waals surface area contributed by atoms with Gasteiger partial charge in [0.05, 0.1) is 50.6 Å². The van der Waals surface area contributed by atoms with E-state index in [9.17, 15) is 19.2 Å². The number of piperidine rings is 1. The maximum Gasteiger partial charge on any atom is 0.407 e. The summed E-state index contributed by atoms with van der Waals surface area (Å²) >= 11 is 0. The highest BCUT2D eigenvalue weighted by atomic mass is 16.5. The van der Waals surface area contributed by atoms with E-state index in [1.807, 2.05) is 24.9 Å². The first kappa shape index (κ1) is 40.0. The minimum Gasteiger partial charge on any atom is -0.453 e. The summed E-state index contributed by atoms with van der Waals surface area (Å²) in [6.07, 6.45) is 10.7. The number of imidazole rings is 2. The van der Waals surface area contributed by atoms with Crippen molar-refractivity contribution in [3.8, 4) is 33.6 Å². The highest BCUT2D eigenvalue weighted by molar-refractivity contribution is 5.88. The van der Waals surface area contributed by atoms with Crippen LogP contribution in [0.2, 0.25) is 0 Å². The summed E-state index contributed by atoms with van der Waals surface area (Å²) in [6, 6.07) is 11.2. The van der Waals surface area contributed by atoms with Crippen LogP contribution in [0.1, 0.15) is 68.3 Å². The number of methoxy groups -OCH3 is 2. The van der Waals surface area contributed by atoms with Crippen LogP contribution in [0, 0.1) is 11.8 Å². The minimum atomic E-state index is -0.886. The fraction of sp³-hybridized carbons (Fsp3) is 0.409. The first-order chi connectivity index (χ1) is 28.0. The van der Waals surface area contributed by atoms with E-state index in [-0.39, 0.29) is 42.3 Å². The van der Waals surface area contributed by atoms with Crippen molar-refractivity contribution in [1.82, 2.24) is 40.4 Å². The number of aromatic nitrogens is 4. The van der Waals surface area contributed by atoms with Crippen LogP contribution in [0.5, 0.6) is 0 Å².